The highest BCUT2D eigenvalue weighted by Gasteiger charge is 2.16. The largest absolute Gasteiger partial charge is 0.476 e. The molecule has 8 heteroatoms. The van der Waals surface area contributed by atoms with E-state index in [9.17, 15) is 13.2 Å². The Kier molecular flexibility index (Phi) is 5.90. The number of nitrogens with zero attached hydrogens (tertiary/aromatic N) is 1. The van der Waals surface area contributed by atoms with Crippen LogP contribution in [0, 0.1) is 0 Å². The van der Waals surface area contributed by atoms with E-state index in [1.807, 2.05) is 6.92 Å². The Bertz CT molecular complexity index is 1050. The summed E-state index contributed by atoms with van der Waals surface area (Å²) >= 11 is 0. The highest BCUT2D eigenvalue weighted by Crippen LogP contribution is 2.22. The first-order valence-electron chi connectivity index (χ1n) is 8.56. The van der Waals surface area contributed by atoms with Crippen molar-refractivity contribution in [2.45, 2.75) is 11.8 Å². The third-order valence-electron chi connectivity index (χ3n) is 3.75. The number of carbonyl (C=O) groups excluding carboxylic acids is 1. The highest BCUT2D eigenvalue weighted by molar-refractivity contribution is 7.92. The quantitative estimate of drug-likeness (QED) is 0.636. The molecule has 0 unspecified atom stereocenters. The first kappa shape index (κ1) is 19.4. The zero-order valence-corrected chi connectivity index (χ0v) is 15.9. The minimum absolute atomic E-state index is 0.0595. The first-order chi connectivity index (χ1) is 13.5. The second kappa shape index (κ2) is 8.53. The van der Waals surface area contributed by atoms with Crippen molar-refractivity contribution >= 4 is 27.3 Å². The highest BCUT2D eigenvalue weighted by atomic mass is 32.2. The molecule has 0 spiro atoms. The SMILES string of the molecule is CCOc1ncccc1NC(=O)c1ccc(S(=O)(=O)Nc2ccccc2)cc1. The molecule has 0 atom stereocenters. The number of rotatable bonds is 7. The van der Waals surface area contributed by atoms with Gasteiger partial charge in [0, 0.05) is 17.4 Å². The Balaban J connectivity index is 1.74. The number of aromatic nitrogens is 1. The van der Waals surface area contributed by atoms with E-state index in [0.717, 1.165) is 0 Å². The van der Waals surface area contributed by atoms with Gasteiger partial charge in [-0.15, -0.1) is 0 Å². The molecule has 0 saturated heterocycles. The van der Waals surface area contributed by atoms with E-state index >= 15 is 0 Å². The Hall–Kier alpha value is -3.39. The summed E-state index contributed by atoms with van der Waals surface area (Å²) in [6.45, 7) is 2.24. The van der Waals surface area contributed by atoms with Gasteiger partial charge < -0.3 is 10.1 Å². The number of amides is 1. The van der Waals surface area contributed by atoms with Gasteiger partial charge in [0.2, 0.25) is 5.88 Å². The van der Waals surface area contributed by atoms with Gasteiger partial charge >= 0.3 is 0 Å². The van der Waals surface area contributed by atoms with Crippen molar-refractivity contribution in [3.8, 4) is 5.88 Å². The third kappa shape index (κ3) is 4.66. The van der Waals surface area contributed by atoms with Gasteiger partial charge in [0.25, 0.3) is 15.9 Å². The Labute approximate surface area is 163 Å². The number of hydrogen-bond donors (Lipinski definition) is 2. The number of para-hydroxylation sites is 1. The maximum Gasteiger partial charge on any atom is 0.261 e. The minimum Gasteiger partial charge on any atom is -0.476 e. The summed E-state index contributed by atoms with van der Waals surface area (Å²) in [6, 6.07) is 17.6. The molecule has 0 aliphatic heterocycles. The van der Waals surface area contributed by atoms with E-state index in [1.165, 1.54) is 24.3 Å². The molecule has 0 saturated carbocycles. The molecule has 1 amide bonds. The van der Waals surface area contributed by atoms with E-state index in [0.29, 0.717) is 29.4 Å². The van der Waals surface area contributed by atoms with Crippen LogP contribution in [0.1, 0.15) is 17.3 Å². The molecule has 2 N–H and O–H groups in total. The molecular formula is C20H19N3O4S. The van der Waals surface area contributed by atoms with Crippen molar-refractivity contribution in [1.29, 1.82) is 0 Å². The summed E-state index contributed by atoms with van der Waals surface area (Å²) in [5.74, 6) is -0.0708. The fraction of sp³-hybridized carbons (Fsp3) is 0.100. The fourth-order valence-corrected chi connectivity index (χ4v) is 3.50. The zero-order valence-electron chi connectivity index (χ0n) is 15.1. The van der Waals surface area contributed by atoms with E-state index in [1.54, 1.807) is 48.7 Å². The summed E-state index contributed by atoms with van der Waals surface area (Å²) in [7, 11) is -3.74. The van der Waals surface area contributed by atoms with Crippen LogP contribution in [-0.4, -0.2) is 25.9 Å². The van der Waals surface area contributed by atoms with Crippen LogP contribution in [0.15, 0.2) is 77.8 Å². The number of benzene rings is 2. The lowest BCUT2D eigenvalue weighted by Crippen LogP contribution is -2.15. The lowest BCUT2D eigenvalue weighted by Gasteiger charge is -2.11. The van der Waals surface area contributed by atoms with Crippen LogP contribution >= 0.6 is 0 Å². The molecule has 0 fully saturated rings. The van der Waals surface area contributed by atoms with E-state index in [4.69, 9.17) is 4.74 Å². The molecule has 1 heterocycles. The molecule has 2 aromatic carbocycles. The van der Waals surface area contributed by atoms with Crippen molar-refractivity contribution in [1.82, 2.24) is 4.98 Å². The standard InChI is InChI=1S/C20H19N3O4S/c1-2-27-20-18(9-6-14-21-20)22-19(24)15-10-12-17(13-11-15)28(25,26)23-16-7-4-3-5-8-16/h3-14,23H,2H2,1H3,(H,22,24). The summed E-state index contributed by atoms with van der Waals surface area (Å²) in [5, 5.41) is 2.72. The fourth-order valence-electron chi connectivity index (χ4n) is 2.44. The molecule has 7 nitrogen and oxygen atoms in total. The van der Waals surface area contributed by atoms with Gasteiger partial charge in [-0.05, 0) is 55.5 Å². The molecule has 3 aromatic rings. The summed E-state index contributed by atoms with van der Waals surface area (Å²) in [4.78, 5) is 16.6. The number of hydrogen-bond acceptors (Lipinski definition) is 5. The van der Waals surface area contributed by atoms with Gasteiger partial charge in [-0.2, -0.15) is 0 Å². The Morgan fingerprint density at radius 1 is 1.00 bits per heavy atom. The van der Waals surface area contributed by atoms with Crippen LogP contribution in [0.25, 0.3) is 0 Å². The van der Waals surface area contributed by atoms with E-state index in [2.05, 4.69) is 15.0 Å². The number of ether oxygens (including phenoxy) is 1. The van der Waals surface area contributed by atoms with Crippen LogP contribution in [0.4, 0.5) is 11.4 Å². The predicted molar refractivity (Wildman–Crippen MR) is 107 cm³/mol. The molecule has 0 aliphatic carbocycles. The van der Waals surface area contributed by atoms with Gasteiger partial charge in [-0.25, -0.2) is 13.4 Å². The van der Waals surface area contributed by atoms with Crippen LogP contribution < -0.4 is 14.8 Å². The van der Waals surface area contributed by atoms with Gasteiger partial charge in [0.1, 0.15) is 5.69 Å². The summed E-state index contributed by atoms with van der Waals surface area (Å²) < 4.78 is 32.8. The second-order valence-electron chi connectivity index (χ2n) is 5.74. The van der Waals surface area contributed by atoms with Gasteiger partial charge in [0.15, 0.2) is 0 Å². The molecule has 1 aromatic heterocycles. The number of anilines is 2. The van der Waals surface area contributed by atoms with Crippen LogP contribution in [0.3, 0.4) is 0 Å². The van der Waals surface area contributed by atoms with Gasteiger partial charge in [-0.1, -0.05) is 18.2 Å². The Morgan fingerprint density at radius 2 is 1.71 bits per heavy atom. The maximum absolute atomic E-state index is 12.5. The van der Waals surface area contributed by atoms with E-state index in [-0.39, 0.29) is 4.90 Å². The zero-order chi connectivity index (χ0) is 20.0. The van der Waals surface area contributed by atoms with E-state index < -0.39 is 15.9 Å². The monoisotopic (exact) mass is 397 g/mol. The number of carbonyl (C=O) groups is 1. The maximum atomic E-state index is 12.5. The molecule has 3 rings (SSSR count). The van der Waals surface area contributed by atoms with Crippen molar-refractivity contribution in [2.24, 2.45) is 0 Å². The van der Waals surface area contributed by atoms with Crippen LogP contribution in [0.5, 0.6) is 5.88 Å². The van der Waals surface area contributed by atoms with Gasteiger partial charge in [0.05, 0.1) is 11.5 Å². The Morgan fingerprint density at radius 3 is 2.39 bits per heavy atom. The van der Waals surface area contributed by atoms with Crippen molar-refractivity contribution in [2.75, 3.05) is 16.6 Å². The molecule has 144 valence electrons. The lowest BCUT2D eigenvalue weighted by molar-refractivity contribution is 0.102. The average Bonchev–Trinajstić information content (AvgIpc) is 2.70. The van der Waals surface area contributed by atoms with Crippen molar-refractivity contribution in [3.63, 3.8) is 0 Å². The summed E-state index contributed by atoms with van der Waals surface area (Å²) in [5.41, 5.74) is 1.21. The molecule has 28 heavy (non-hydrogen) atoms. The lowest BCUT2D eigenvalue weighted by atomic mass is 10.2. The van der Waals surface area contributed by atoms with Crippen LogP contribution in [0.2, 0.25) is 0 Å². The number of pyridine rings is 1. The first-order valence-corrected chi connectivity index (χ1v) is 10.0. The molecular weight excluding hydrogens is 378 g/mol. The number of sulfonamides is 1. The molecule has 0 bridgehead atoms. The smallest absolute Gasteiger partial charge is 0.261 e. The number of nitrogens with one attached hydrogen (secondary N) is 2. The van der Waals surface area contributed by atoms with Gasteiger partial charge in [-0.3, -0.25) is 9.52 Å². The minimum atomic E-state index is -3.74. The molecule has 0 radical (unpaired) electrons. The van der Waals surface area contributed by atoms with Crippen LogP contribution in [-0.2, 0) is 10.0 Å². The topological polar surface area (TPSA) is 97.4 Å². The third-order valence-corrected chi connectivity index (χ3v) is 5.15. The second-order valence-corrected chi connectivity index (χ2v) is 7.42. The van der Waals surface area contributed by atoms with Crippen molar-refractivity contribution < 1.29 is 17.9 Å². The normalized spacial score (nSPS) is 10.9. The van der Waals surface area contributed by atoms with Crippen molar-refractivity contribution in [3.05, 3.63) is 78.5 Å². The summed E-state index contributed by atoms with van der Waals surface area (Å²) in [6.07, 6.45) is 1.57. The molecule has 0 aliphatic rings. The predicted octanol–water partition coefficient (Wildman–Crippen LogP) is 3.53. The average molecular weight is 397 g/mol.